The quantitative estimate of drug-likeness (QED) is 0.0642. The molecule has 4 nitrogen and oxygen atoms in total. The number of aliphatic imine (C=N–C) groups is 1. The van der Waals surface area contributed by atoms with E-state index >= 15 is 0 Å². The number of nitrogens with zero attached hydrogens (tertiary/aromatic N) is 2. The fourth-order valence-corrected chi connectivity index (χ4v) is 12.9. The molecule has 0 bridgehead atoms. The third-order valence-electron chi connectivity index (χ3n) is 10.8. The lowest BCUT2D eigenvalue weighted by Gasteiger charge is -2.34. The second kappa shape index (κ2) is 15.5. The highest BCUT2D eigenvalue weighted by Crippen LogP contribution is 2.32. The molecule has 56 heavy (non-hydrogen) atoms. The predicted octanol–water partition coefficient (Wildman–Crippen LogP) is 8.36. The highest BCUT2D eigenvalue weighted by molar-refractivity contribution is 7.20. The van der Waals surface area contributed by atoms with Crippen LogP contribution in [0, 0.1) is 0 Å². The second-order valence-corrected chi connectivity index (χ2v) is 18.0. The first kappa shape index (κ1) is 34.9. The fourth-order valence-electron chi connectivity index (χ4n) is 8.18. The molecule has 0 amide bonds. The molecule has 1 unspecified atom stereocenters. The third kappa shape index (κ3) is 6.53. The van der Waals surface area contributed by atoms with E-state index in [1.807, 2.05) is 36.4 Å². The van der Waals surface area contributed by atoms with Crippen LogP contribution in [0.25, 0.3) is 27.5 Å². The number of rotatable bonds is 10. The van der Waals surface area contributed by atoms with Gasteiger partial charge in [0.1, 0.15) is 12.0 Å². The molecule has 5 heteroatoms. The summed E-state index contributed by atoms with van der Waals surface area (Å²) in [6, 6.07) is 78.4. The molecule has 270 valence electrons. The van der Waals surface area contributed by atoms with Gasteiger partial charge in [0.25, 0.3) is 0 Å². The third-order valence-corrected chi connectivity index (χ3v) is 15.6. The van der Waals surface area contributed by atoms with Gasteiger partial charge in [-0.2, -0.15) is 0 Å². The summed E-state index contributed by atoms with van der Waals surface area (Å²) in [4.78, 5) is 5.03. The molecule has 0 fully saturated rings. The van der Waals surface area contributed by atoms with Crippen molar-refractivity contribution in [3.8, 4) is 5.69 Å². The number of benzene rings is 8. The molecule has 0 spiro atoms. The molecule has 0 aliphatic rings. The molecule has 1 heterocycles. The smallest absolute Gasteiger partial charge is 0.179 e. The van der Waals surface area contributed by atoms with Crippen molar-refractivity contribution >= 4 is 56.5 Å². The number of nitrogens with two attached hydrogens (primary N) is 1. The number of fused-ring (bicyclic) bond motifs is 3. The summed E-state index contributed by atoms with van der Waals surface area (Å²) in [5.74, 6) is 0.755. The first-order valence-corrected chi connectivity index (χ1v) is 21.2. The number of para-hydroxylation sites is 1. The monoisotopic (exact) mass is 738 g/mol. The molecule has 3 N–H and O–H groups in total. The Hall–Kier alpha value is -6.79. The van der Waals surface area contributed by atoms with Crippen LogP contribution in [-0.2, 0) is 6.54 Å². The molecule has 0 saturated heterocycles. The van der Waals surface area contributed by atoms with Gasteiger partial charge in [0.2, 0.25) is 0 Å². The van der Waals surface area contributed by atoms with E-state index < -0.39 is 14.2 Å². The van der Waals surface area contributed by atoms with Crippen LogP contribution in [0.4, 0.5) is 0 Å². The van der Waals surface area contributed by atoms with Gasteiger partial charge in [-0.3, -0.25) is 0 Å². The Morgan fingerprint density at radius 1 is 0.500 bits per heavy atom. The van der Waals surface area contributed by atoms with E-state index in [2.05, 4.69) is 192 Å². The van der Waals surface area contributed by atoms with Gasteiger partial charge in [-0.25, -0.2) is 4.99 Å². The van der Waals surface area contributed by atoms with E-state index in [1.54, 1.807) is 0 Å². The van der Waals surface area contributed by atoms with Crippen molar-refractivity contribution in [1.29, 1.82) is 0 Å². The van der Waals surface area contributed by atoms with Crippen LogP contribution in [0.3, 0.4) is 0 Å². The Labute approximate surface area is 329 Å². The lowest BCUT2D eigenvalue weighted by Crippen LogP contribution is -2.74. The predicted molar refractivity (Wildman–Crippen MR) is 238 cm³/mol. The topological polar surface area (TPSA) is 55.3 Å². The Bertz CT molecular complexity index is 2630. The maximum Gasteiger partial charge on any atom is 0.179 e. The van der Waals surface area contributed by atoms with Crippen molar-refractivity contribution in [1.82, 2.24) is 9.88 Å². The molecule has 9 rings (SSSR count). The van der Waals surface area contributed by atoms with Crippen molar-refractivity contribution in [2.24, 2.45) is 10.7 Å². The second-order valence-electron chi connectivity index (χ2n) is 14.2. The van der Waals surface area contributed by atoms with Crippen LogP contribution in [0.15, 0.2) is 223 Å². The minimum absolute atomic E-state index is 0.506. The number of hydrogen-bond donors (Lipinski definition) is 2. The van der Waals surface area contributed by atoms with Crippen molar-refractivity contribution in [3.63, 3.8) is 0 Å². The average molecular weight is 739 g/mol. The summed E-state index contributed by atoms with van der Waals surface area (Å²) >= 11 is 0. The summed E-state index contributed by atoms with van der Waals surface area (Å²) < 4.78 is 2.42. The van der Waals surface area contributed by atoms with Crippen molar-refractivity contribution in [2.75, 3.05) is 0 Å². The van der Waals surface area contributed by atoms with Crippen molar-refractivity contribution < 1.29 is 0 Å². The molecule has 0 aliphatic heterocycles. The van der Waals surface area contributed by atoms with Gasteiger partial charge in [-0.1, -0.05) is 182 Å². The minimum Gasteiger partial charge on any atom is -0.366 e. The minimum atomic E-state index is -2.74. The molecular formula is C51H42N4Si. The maximum atomic E-state index is 6.68. The van der Waals surface area contributed by atoms with Gasteiger partial charge in [0.15, 0.2) is 8.07 Å². The van der Waals surface area contributed by atoms with Gasteiger partial charge in [0, 0.05) is 28.6 Å². The zero-order valence-corrected chi connectivity index (χ0v) is 32.0. The first-order chi connectivity index (χ1) is 27.7. The molecule has 8 aromatic carbocycles. The van der Waals surface area contributed by atoms with Gasteiger partial charge in [0.05, 0.1) is 11.0 Å². The molecular weight excluding hydrogens is 697 g/mol. The number of amidine groups is 1. The average Bonchev–Trinajstić information content (AvgIpc) is 3.61. The Balaban J connectivity index is 1.20. The van der Waals surface area contributed by atoms with Crippen molar-refractivity contribution in [3.05, 3.63) is 235 Å². The zero-order chi connectivity index (χ0) is 37.7. The first-order valence-electron chi connectivity index (χ1n) is 19.2. The summed E-state index contributed by atoms with van der Waals surface area (Å²) in [6.07, 6.45) is -0.506. The fraction of sp³-hybridized carbons (Fsp3) is 0.0392. The van der Waals surface area contributed by atoms with E-state index in [0.29, 0.717) is 6.54 Å². The Morgan fingerprint density at radius 2 is 1.00 bits per heavy atom. The summed E-state index contributed by atoms with van der Waals surface area (Å²) in [7, 11) is -2.74. The lowest BCUT2D eigenvalue weighted by molar-refractivity contribution is 0.760. The Morgan fingerprint density at radius 3 is 1.59 bits per heavy atom. The standard InChI is InChI=1S/C51H42N4Si/c52-50(39-20-8-2-9-21-39)54-51(53-37-38-18-6-1-7-19-38)40-30-32-41(33-31-40)55-48-29-17-16-28-46(48)47-35-34-45(36-49(47)55)56(42-22-10-3-11-23-42,43-24-12-4-13-25-43)44-26-14-5-15-27-44/h1-36,50H,37,52H2,(H,53,54). The number of aromatic nitrogens is 1. The molecule has 0 radical (unpaired) electrons. The van der Waals surface area contributed by atoms with E-state index in [-0.39, 0.29) is 0 Å². The molecule has 1 aromatic heterocycles. The van der Waals surface area contributed by atoms with Crippen LogP contribution in [0.2, 0.25) is 0 Å². The highest BCUT2D eigenvalue weighted by atomic mass is 28.3. The van der Waals surface area contributed by atoms with E-state index in [1.165, 1.54) is 48.1 Å². The lowest BCUT2D eigenvalue weighted by atomic mass is 10.1. The van der Waals surface area contributed by atoms with Gasteiger partial charge < -0.3 is 15.6 Å². The van der Waals surface area contributed by atoms with Crippen LogP contribution < -0.4 is 31.8 Å². The highest BCUT2D eigenvalue weighted by Gasteiger charge is 2.41. The number of nitrogens with one attached hydrogen (secondary N) is 1. The molecule has 9 aromatic rings. The van der Waals surface area contributed by atoms with Crippen molar-refractivity contribution in [2.45, 2.75) is 12.7 Å². The van der Waals surface area contributed by atoms with Gasteiger partial charge in [-0.05, 0) is 68.3 Å². The normalized spacial score (nSPS) is 12.5. The summed E-state index contributed by atoms with van der Waals surface area (Å²) in [6.45, 7) is 0.633. The summed E-state index contributed by atoms with van der Waals surface area (Å²) in [5.41, 5.74) is 13.2. The summed E-state index contributed by atoms with van der Waals surface area (Å²) in [5, 5.41) is 11.5. The van der Waals surface area contributed by atoms with Gasteiger partial charge in [-0.15, -0.1) is 0 Å². The largest absolute Gasteiger partial charge is 0.366 e. The van der Waals surface area contributed by atoms with E-state index in [9.17, 15) is 0 Å². The van der Waals surface area contributed by atoms with E-state index in [4.69, 9.17) is 10.7 Å². The molecule has 0 saturated carbocycles. The molecule has 1 atom stereocenters. The van der Waals surface area contributed by atoms with Gasteiger partial charge >= 0.3 is 0 Å². The van der Waals surface area contributed by atoms with Crippen LogP contribution >= 0.6 is 0 Å². The van der Waals surface area contributed by atoms with Crippen LogP contribution in [0.5, 0.6) is 0 Å². The van der Waals surface area contributed by atoms with Crippen LogP contribution in [0.1, 0.15) is 22.9 Å². The number of hydrogen-bond acceptors (Lipinski definition) is 2. The van der Waals surface area contributed by atoms with E-state index in [0.717, 1.165) is 22.6 Å². The van der Waals surface area contributed by atoms with Crippen LogP contribution in [-0.4, -0.2) is 18.5 Å². The maximum absolute atomic E-state index is 6.68. The molecule has 0 aliphatic carbocycles. The zero-order valence-electron chi connectivity index (χ0n) is 31.0. The SMILES string of the molecule is NC(/N=C(\NCc1ccccc1)c1ccc(-n2c3ccccc3c3ccc([Si](c4ccccc4)(c4ccccc4)c4ccccc4)cc32)cc1)c1ccccc1. The Kier molecular flexibility index (Phi) is 9.68.